The average molecular weight is 388 g/mol. The van der Waals surface area contributed by atoms with Crippen LogP contribution in [0, 0.1) is 5.92 Å². The van der Waals surface area contributed by atoms with Crippen molar-refractivity contribution in [1.29, 1.82) is 0 Å². The van der Waals surface area contributed by atoms with Gasteiger partial charge in [-0.3, -0.25) is 9.52 Å². The minimum atomic E-state index is -3.69. The Bertz CT molecular complexity index is 937. The van der Waals surface area contributed by atoms with Gasteiger partial charge in [-0.05, 0) is 53.9 Å². The molecular weight excluding hydrogens is 364 g/mol. The summed E-state index contributed by atoms with van der Waals surface area (Å²) in [6, 6.07) is 11.7. The molecule has 0 aliphatic carbocycles. The van der Waals surface area contributed by atoms with Gasteiger partial charge < -0.3 is 9.64 Å². The minimum absolute atomic E-state index is 0.0525. The van der Waals surface area contributed by atoms with Crippen molar-refractivity contribution < 1.29 is 17.9 Å². The number of rotatable bonds is 5. The third kappa shape index (κ3) is 4.24. The Morgan fingerprint density at radius 2 is 1.81 bits per heavy atom. The number of fused-ring (bicyclic) bond motifs is 1. The molecule has 0 atom stereocenters. The summed E-state index contributed by atoms with van der Waals surface area (Å²) in [4.78, 5) is 14.3. The second-order valence-electron chi connectivity index (χ2n) is 6.93. The zero-order chi connectivity index (χ0) is 19.6. The quantitative estimate of drug-likeness (QED) is 0.854. The van der Waals surface area contributed by atoms with Crippen molar-refractivity contribution in [3.63, 3.8) is 0 Å². The largest absolute Gasteiger partial charge is 0.497 e. The Labute approximate surface area is 160 Å². The fraction of sp³-hybridized carbons (Fsp3) is 0.350. The molecule has 6 nitrogen and oxygen atoms in total. The molecule has 2 aromatic carbocycles. The zero-order valence-corrected chi connectivity index (χ0v) is 16.5. The standard InChI is InChI=1S/C20H24N2O4S/c1-14(2)20(23)22-11-10-15-4-5-17(12-16(15)13-22)21-27(24,25)19-8-6-18(26-3)7-9-19/h4-9,12,14,21H,10-11,13H2,1-3H3. The Balaban J connectivity index is 1.80. The van der Waals surface area contributed by atoms with E-state index in [4.69, 9.17) is 4.74 Å². The van der Waals surface area contributed by atoms with E-state index in [1.165, 1.54) is 19.2 Å². The number of sulfonamides is 1. The highest BCUT2D eigenvalue weighted by molar-refractivity contribution is 7.92. The molecule has 0 saturated carbocycles. The maximum atomic E-state index is 12.6. The molecule has 0 radical (unpaired) electrons. The van der Waals surface area contributed by atoms with Crippen molar-refractivity contribution in [1.82, 2.24) is 4.90 Å². The van der Waals surface area contributed by atoms with Gasteiger partial charge >= 0.3 is 0 Å². The third-order valence-corrected chi connectivity index (χ3v) is 6.04. The van der Waals surface area contributed by atoms with Gasteiger partial charge in [-0.15, -0.1) is 0 Å². The number of carbonyl (C=O) groups excluding carboxylic acids is 1. The zero-order valence-electron chi connectivity index (χ0n) is 15.7. The van der Waals surface area contributed by atoms with E-state index in [-0.39, 0.29) is 16.7 Å². The predicted octanol–water partition coefficient (Wildman–Crippen LogP) is 3.04. The Morgan fingerprint density at radius 3 is 2.44 bits per heavy atom. The highest BCUT2D eigenvalue weighted by atomic mass is 32.2. The molecule has 1 N–H and O–H groups in total. The van der Waals surface area contributed by atoms with Crippen LogP contribution in [0.4, 0.5) is 5.69 Å². The summed E-state index contributed by atoms with van der Waals surface area (Å²) in [5, 5.41) is 0. The molecule has 1 aliphatic rings. The summed E-state index contributed by atoms with van der Waals surface area (Å²) in [7, 11) is -2.16. The van der Waals surface area contributed by atoms with Crippen LogP contribution >= 0.6 is 0 Å². The Morgan fingerprint density at radius 1 is 1.11 bits per heavy atom. The number of methoxy groups -OCH3 is 1. The van der Waals surface area contributed by atoms with E-state index in [0.717, 1.165) is 17.5 Å². The number of anilines is 1. The summed E-state index contributed by atoms with van der Waals surface area (Å²) >= 11 is 0. The normalized spacial score (nSPS) is 14.0. The Kier molecular flexibility index (Phi) is 5.41. The van der Waals surface area contributed by atoms with E-state index in [1.807, 2.05) is 30.9 Å². The molecule has 0 saturated heterocycles. The van der Waals surface area contributed by atoms with Crippen LogP contribution in [-0.4, -0.2) is 32.9 Å². The third-order valence-electron chi connectivity index (χ3n) is 4.65. The maximum Gasteiger partial charge on any atom is 0.261 e. The number of nitrogens with zero attached hydrogens (tertiary/aromatic N) is 1. The number of carbonyl (C=O) groups is 1. The topological polar surface area (TPSA) is 75.7 Å². The van der Waals surface area contributed by atoms with Gasteiger partial charge in [0, 0.05) is 24.7 Å². The second-order valence-corrected chi connectivity index (χ2v) is 8.61. The van der Waals surface area contributed by atoms with Crippen LogP contribution in [0.15, 0.2) is 47.4 Å². The average Bonchev–Trinajstić information content (AvgIpc) is 2.66. The number of hydrogen-bond donors (Lipinski definition) is 1. The lowest BCUT2D eigenvalue weighted by atomic mass is 9.98. The van der Waals surface area contributed by atoms with Crippen molar-refractivity contribution in [2.75, 3.05) is 18.4 Å². The van der Waals surface area contributed by atoms with Crippen LogP contribution in [0.1, 0.15) is 25.0 Å². The van der Waals surface area contributed by atoms with E-state index in [0.29, 0.717) is 24.5 Å². The highest BCUT2D eigenvalue weighted by Gasteiger charge is 2.23. The molecular formula is C20H24N2O4S. The molecule has 1 aliphatic heterocycles. The van der Waals surface area contributed by atoms with Gasteiger partial charge in [0.2, 0.25) is 5.91 Å². The smallest absolute Gasteiger partial charge is 0.261 e. The molecule has 3 rings (SSSR count). The molecule has 7 heteroatoms. The molecule has 0 fully saturated rings. The van der Waals surface area contributed by atoms with Crippen molar-refractivity contribution >= 4 is 21.6 Å². The summed E-state index contributed by atoms with van der Waals surface area (Å²) < 4.78 is 32.9. The summed E-state index contributed by atoms with van der Waals surface area (Å²) in [6.45, 7) is 4.97. The first-order valence-electron chi connectivity index (χ1n) is 8.87. The van der Waals surface area contributed by atoms with Crippen LogP contribution in [0.2, 0.25) is 0 Å². The SMILES string of the molecule is COc1ccc(S(=O)(=O)Nc2ccc3c(c2)CN(C(=O)C(C)C)CC3)cc1. The molecule has 1 heterocycles. The van der Waals surface area contributed by atoms with Gasteiger partial charge in [-0.1, -0.05) is 19.9 Å². The predicted molar refractivity (Wildman–Crippen MR) is 104 cm³/mol. The molecule has 144 valence electrons. The van der Waals surface area contributed by atoms with Gasteiger partial charge in [-0.2, -0.15) is 0 Å². The molecule has 0 bridgehead atoms. The summed E-state index contributed by atoms with van der Waals surface area (Å²) in [5.74, 6) is 0.658. The summed E-state index contributed by atoms with van der Waals surface area (Å²) in [5.41, 5.74) is 2.61. The van der Waals surface area contributed by atoms with Gasteiger partial charge in [0.15, 0.2) is 0 Å². The molecule has 27 heavy (non-hydrogen) atoms. The molecule has 0 aromatic heterocycles. The lowest BCUT2D eigenvalue weighted by Crippen LogP contribution is -2.38. The van der Waals surface area contributed by atoms with E-state index < -0.39 is 10.0 Å². The van der Waals surface area contributed by atoms with Crippen molar-refractivity contribution in [3.05, 3.63) is 53.6 Å². The molecule has 0 spiro atoms. The van der Waals surface area contributed by atoms with Gasteiger partial charge in [0.1, 0.15) is 5.75 Å². The van der Waals surface area contributed by atoms with Crippen molar-refractivity contribution in [2.45, 2.75) is 31.7 Å². The molecule has 2 aromatic rings. The fourth-order valence-corrected chi connectivity index (χ4v) is 4.19. The minimum Gasteiger partial charge on any atom is -0.497 e. The van der Waals surface area contributed by atoms with Crippen LogP contribution in [0.5, 0.6) is 5.75 Å². The fourth-order valence-electron chi connectivity index (χ4n) is 3.14. The van der Waals surface area contributed by atoms with Crippen molar-refractivity contribution in [2.24, 2.45) is 5.92 Å². The van der Waals surface area contributed by atoms with Crippen LogP contribution in [-0.2, 0) is 27.8 Å². The van der Waals surface area contributed by atoms with Crippen molar-refractivity contribution in [3.8, 4) is 5.75 Å². The van der Waals surface area contributed by atoms with E-state index >= 15 is 0 Å². The number of ether oxygens (including phenoxy) is 1. The second kappa shape index (κ2) is 7.60. The number of amides is 1. The summed E-state index contributed by atoms with van der Waals surface area (Å²) in [6.07, 6.45) is 0.777. The molecule has 1 amide bonds. The van der Waals surface area contributed by atoms with Crippen LogP contribution in [0.25, 0.3) is 0 Å². The first-order chi connectivity index (χ1) is 12.8. The highest BCUT2D eigenvalue weighted by Crippen LogP contribution is 2.25. The van der Waals surface area contributed by atoms with Gasteiger partial charge in [0.25, 0.3) is 10.0 Å². The van der Waals surface area contributed by atoms with E-state index in [1.54, 1.807) is 18.2 Å². The number of benzene rings is 2. The molecule has 0 unspecified atom stereocenters. The van der Waals surface area contributed by atoms with Gasteiger partial charge in [0.05, 0.1) is 12.0 Å². The van der Waals surface area contributed by atoms with E-state index in [2.05, 4.69) is 4.72 Å². The Hall–Kier alpha value is -2.54. The lowest BCUT2D eigenvalue weighted by molar-refractivity contribution is -0.135. The van der Waals surface area contributed by atoms with Gasteiger partial charge in [-0.25, -0.2) is 8.42 Å². The monoisotopic (exact) mass is 388 g/mol. The van der Waals surface area contributed by atoms with Crippen LogP contribution < -0.4 is 9.46 Å². The number of hydrogen-bond acceptors (Lipinski definition) is 4. The first-order valence-corrected chi connectivity index (χ1v) is 10.4. The number of nitrogens with one attached hydrogen (secondary N) is 1. The van der Waals surface area contributed by atoms with E-state index in [9.17, 15) is 13.2 Å². The maximum absolute atomic E-state index is 12.6. The lowest BCUT2D eigenvalue weighted by Gasteiger charge is -2.30. The van der Waals surface area contributed by atoms with Crippen LogP contribution in [0.3, 0.4) is 0 Å². The first kappa shape index (κ1) is 19.2.